The molecular weight excluding hydrogens is 272 g/mol. The second kappa shape index (κ2) is 8.87. The SMILES string of the molecule is CCC(C)[C@H](NC(=O)N(CCO)C1CCCCC1)C(=O)O. The Kier molecular flexibility index (Phi) is 7.50. The molecule has 1 rings (SSSR count). The molecule has 0 aromatic carbocycles. The molecule has 2 amide bonds. The number of amides is 2. The van der Waals surface area contributed by atoms with Crippen molar-refractivity contribution in [2.24, 2.45) is 5.92 Å². The maximum absolute atomic E-state index is 12.4. The second-order valence-electron chi connectivity index (χ2n) is 5.86. The average molecular weight is 300 g/mol. The zero-order valence-electron chi connectivity index (χ0n) is 13.0. The number of urea groups is 1. The van der Waals surface area contributed by atoms with Crippen LogP contribution in [-0.4, -0.2) is 52.3 Å². The molecular formula is C15H28N2O4. The minimum atomic E-state index is -1.01. The Bertz CT molecular complexity index is 343. The van der Waals surface area contributed by atoms with E-state index in [1.165, 1.54) is 6.42 Å². The number of nitrogens with one attached hydrogen (secondary N) is 1. The van der Waals surface area contributed by atoms with Gasteiger partial charge in [-0.25, -0.2) is 9.59 Å². The van der Waals surface area contributed by atoms with Crippen LogP contribution in [0.4, 0.5) is 4.79 Å². The molecule has 0 spiro atoms. The number of carboxylic acids is 1. The third-order valence-corrected chi connectivity index (χ3v) is 4.38. The first-order valence-electron chi connectivity index (χ1n) is 7.92. The number of nitrogens with zero attached hydrogens (tertiary/aromatic N) is 1. The molecule has 0 aromatic heterocycles. The molecule has 2 atom stereocenters. The number of aliphatic hydroxyl groups excluding tert-OH is 1. The summed E-state index contributed by atoms with van der Waals surface area (Å²) < 4.78 is 0. The van der Waals surface area contributed by atoms with Crippen molar-refractivity contribution in [2.45, 2.75) is 64.5 Å². The standard InChI is InChI=1S/C15H28N2O4/c1-3-11(2)13(14(19)20)16-15(21)17(9-10-18)12-7-5-4-6-8-12/h11-13,18H,3-10H2,1-2H3,(H,16,21)(H,19,20)/t11?,13-/m0/s1. The van der Waals surface area contributed by atoms with Gasteiger partial charge in [0.1, 0.15) is 6.04 Å². The number of rotatable bonds is 7. The molecule has 1 fully saturated rings. The van der Waals surface area contributed by atoms with E-state index in [4.69, 9.17) is 0 Å². The molecule has 0 aliphatic heterocycles. The number of hydrogen-bond donors (Lipinski definition) is 3. The Morgan fingerprint density at radius 2 is 1.90 bits per heavy atom. The van der Waals surface area contributed by atoms with Gasteiger partial charge < -0.3 is 20.4 Å². The highest BCUT2D eigenvalue weighted by atomic mass is 16.4. The first-order valence-corrected chi connectivity index (χ1v) is 7.92. The first kappa shape index (κ1) is 17.8. The second-order valence-corrected chi connectivity index (χ2v) is 5.86. The summed E-state index contributed by atoms with van der Waals surface area (Å²) in [6.07, 6.45) is 5.86. The van der Waals surface area contributed by atoms with E-state index < -0.39 is 12.0 Å². The van der Waals surface area contributed by atoms with Gasteiger partial charge in [0.05, 0.1) is 6.61 Å². The lowest BCUT2D eigenvalue weighted by Crippen LogP contribution is -2.54. The fourth-order valence-electron chi connectivity index (χ4n) is 2.85. The van der Waals surface area contributed by atoms with Gasteiger partial charge in [-0.2, -0.15) is 0 Å². The van der Waals surface area contributed by atoms with E-state index >= 15 is 0 Å². The van der Waals surface area contributed by atoms with E-state index in [2.05, 4.69) is 5.32 Å². The molecule has 6 heteroatoms. The third kappa shape index (κ3) is 5.19. The van der Waals surface area contributed by atoms with Gasteiger partial charge in [-0.05, 0) is 18.8 Å². The van der Waals surface area contributed by atoms with Crippen molar-refractivity contribution in [2.75, 3.05) is 13.2 Å². The van der Waals surface area contributed by atoms with Crippen molar-refractivity contribution in [3.05, 3.63) is 0 Å². The molecule has 3 N–H and O–H groups in total. The van der Waals surface area contributed by atoms with E-state index in [-0.39, 0.29) is 31.1 Å². The predicted molar refractivity (Wildman–Crippen MR) is 80.1 cm³/mol. The normalized spacial score (nSPS) is 18.8. The summed E-state index contributed by atoms with van der Waals surface area (Å²) in [5.74, 6) is -1.14. The number of carbonyl (C=O) groups is 2. The highest BCUT2D eigenvalue weighted by Gasteiger charge is 2.30. The zero-order chi connectivity index (χ0) is 15.8. The Morgan fingerprint density at radius 3 is 2.38 bits per heavy atom. The Labute approximate surface area is 126 Å². The van der Waals surface area contributed by atoms with Gasteiger partial charge in [0.25, 0.3) is 0 Å². The van der Waals surface area contributed by atoms with Crippen LogP contribution in [0.2, 0.25) is 0 Å². The van der Waals surface area contributed by atoms with Gasteiger partial charge >= 0.3 is 12.0 Å². The average Bonchev–Trinajstić information content (AvgIpc) is 2.49. The van der Waals surface area contributed by atoms with E-state index in [0.717, 1.165) is 25.7 Å². The van der Waals surface area contributed by atoms with Crippen molar-refractivity contribution < 1.29 is 19.8 Å². The molecule has 0 saturated heterocycles. The topological polar surface area (TPSA) is 89.9 Å². The van der Waals surface area contributed by atoms with Gasteiger partial charge in [0.15, 0.2) is 0 Å². The Hall–Kier alpha value is -1.30. The van der Waals surface area contributed by atoms with Crippen molar-refractivity contribution >= 4 is 12.0 Å². The highest BCUT2D eigenvalue weighted by Crippen LogP contribution is 2.22. The summed E-state index contributed by atoms with van der Waals surface area (Å²) in [6.45, 7) is 3.86. The molecule has 0 bridgehead atoms. The van der Waals surface area contributed by atoms with Crippen molar-refractivity contribution in [3.8, 4) is 0 Å². The van der Waals surface area contributed by atoms with Crippen molar-refractivity contribution in [1.29, 1.82) is 0 Å². The summed E-state index contributed by atoms with van der Waals surface area (Å²) in [5.41, 5.74) is 0. The zero-order valence-corrected chi connectivity index (χ0v) is 13.0. The summed E-state index contributed by atoms with van der Waals surface area (Å²) in [4.78, 5) is 25.3. The largest absolute Gasteiger partial charge is 0.480 e. The van der Waals surface area contributed by atoms with Crippen LogP contribution in [-0.2, 0) is 4.79 Å². The summed E-state index contributed by atoms with van der Waals surface area (Å²) in [5, 5.41) is 21.1. The van der Waals surface area contributed by atoms with Crippen LogP contribution in [0.15, 0.2) is 0 Å². The van der Waals surface area contributed by atoms with Gasteiger partial charge in [0, 0.05) is 12.6 Å². The minimum absolute atomic E-state index is 0.106. The van der Waals surface area contributed by atoms with Gasteiger partial charge in [-0.3, -0.25) is 0 Å². The van der Waals surface area contributed by atoms with E-state index in [1.54, 1.807) is 4.90 Å². The van der Waals surface area contributed by atoms with Crippen LogP contribution in [0.5, 0.6) is 0 Å². The monoisotopic (exact) mass is 300 g/mol. The smallest absolute Gasteiger partial charge is 0.326 e. The molecule has 6 nitrogen and oxygen atoms in total. The van der Waals surface area contributed by atoms with Crippen LogP contribution >= 0.6 is 0 Å². The van der Waals surface area contributed by atoms with Crippen molar-refractivity contribution in [1.82, 2.24) is 10.2 Å². The van der Waals surface area contributed by atoms with E-state index in [0.29, 0.717) is 6.42 Å². The summed E-state index contributed by atoms with van der Waals surface area (Å²) in [7, 11) is 0. The van der Waals surface area contributed by atoms with E-state index in [1.807, 2.05) is 13.8 Å². The highest BCUT2D eigenvalue weighted by molar-refractivity contribution is 5.83. The lowest BCUT2D eigenvalue weighted by molar-refractivity contribution is -0.140. The molecule has 1 aliphatic carbocycles. The predicted octanol–water partition coefficient (Wildman–Crippen LogP) is 1.82. The molecule has 1 unspecified atom stereocenters. The number of carboxylic acid groups (broad SMARTS) is 1. The lowest BCUT2D eigenvalue weighted by Gasteiger charge is -2.35. The first-order chi connectivity index (χ1) is 10.0. The van der Waals surface area contributed by atoms with Crippen LogP contribution in [0.25, 0.3) is 0 Å². The Balaban J connectivity index is 2.72. The maximum Gasteiger partial charge on any atom is 0.326 e. The summed E-state index contributed by atoms with van der Waals surface area (Å²) in [6, 6.07) is -1.15. The molecule has 122 valence electrons. The lowest BCUT2D eigenvalue weighted by atomic mass is 9.94. The minimum Gasteiger partial charge on any atom is -0.480 e. The fraction of sp³-hybridized carbons (Fsp3) is 0.867. The van der Waals surface area contributed by atoms with Gasteiger partial charge in [-0.15, -0.1) is 0 Å². The quantitative estimate of drug-likeness (QED) is 0.669. The van der Waals surface area contributed by atoms with Crippen LogP contribution < -0.4 is 5.32 Å². The van der Waals surface area contributed by atoms with Crippen molar-refractivity contribution in [3.63, 3.8) is 0 Å². The Morgan fingerprint density at radius 1 is 1.29 bits per heavy atom. The third-order valence-electron chi connectivity index (χ3n) is 4.38. The molecule has 0 heterocycles. The number of aliphatic carboxylic acids is 1. The van der Waals surface area contributed by atoms with Gasteiger partial charge in [-0.1, -0.05) is 39.5 Å². The van der Waals surface area contributed by atoms with Crippen LogP contribution in [0.1, 0.15) is 52.4 Å². The number of hydrogen-bond acceptors (Lipinski definition) is 3. The van der Waals surface area contributed by atoms with Gasteiger partial charge in [0.2, 0.25) is 0 Å². The number of aliphatic hydroxyl groups is 1. The molecule has 1 aliphatic rings. The molecule has 0 radical (unpaired) electrons. The molecule has 1 saturated carbocycles. The molecule has 21 heavy (non-hydrogen) atoms. The van der Waals surface area contributed by atoms with Crippen LogP contribution in [0.3, 0.4) is 0 Å². The molecule has 0 aromatic rings. The summed E-state index contributed by atoms with van der Waals surface area (Å²) >= 11 is 0. The van der Waals surface area contributed by atoms with E-state index in [9.17, 15) is 19.8 Å². The van der Waals surface area contributed by atoms with Crippen LogP contribution in [0, 0.1) is 5.92 Å². The maximum atomic E-state index is 12.4. The number of carbonyl (C=O) groups excluding carboxylic acids is 1. The fourth-order valence-corrected chi connectivity index (χ4v) is 2.85.